The Morgan fingerprint density at radius 1 is 1.33 bits per heavy atom. The monoisotopic (exact) mass is 291 g/mol. The van der Waals surface area contributed by atoms with Crippen LogP contribution in [-0.2, 0) is 9.53 Å². The predicted molar refractivity (Wildman–Crippen MR) is 81.5 cm³/mol. The van der Waals surface area contributed by atoms with Crippen molar-refractivity contribution in [3.63, 3.8) is 0 Å². The molecule has 1 aromatic carbocycles. The third-order valence-electron chi connectivity index (χ3n) is 2.94. The molecule has 2 rings (SSSR count). The molecule has 1 aromatic rings. The first-order valence-electron chi connectivity index (χ1n) is 6.89. The highest BCUT2D eigenvalue weighted by atomic mass is 16.6. The van der Waals surface area contributed by atoms with Crippen molar-refractivity contribution in [2.75, 3.05) is 17.2 Å². The van der Waals surface area contributed by atoms with Crippen LogP contribution in [0.4, 0.5) is 16.2 Å². The van der Waals surface area contributed by atoms with Crippen LogP contribution in [0.25, 0.3) is 0 Å². The summed E-state index contributed by atoms with van der Waals surface area (Å²) in [4.78, 5) is 23.9. The van der Waals surface area contributed by atoms with E-state index in [2.05, 4.69) is 16.0 Å². The first-order chi connectivity index (χ1) is 9.74. The molecule has 1 atom stereocenters. The summed E-state index contributed by atoms with van der Waals surface area (Å²) in [6, 6.07) is 5.02. The first kappa shape index (κ1) is 15.2. The number of carbonyl (C=O) groups is 2. The van der Waals surface area contributed by atoms with E-state index in [1.807, 2.05) is 25.1 Å². The van der Waals surface area contributed by atoms with E-state index in [0.29, 0.717) is 12.2 Å². The smallest absolute Gasteiger partial charge is 0.408 e. The van der Waals surface area contributed by atoms with Crippen molar-refractivity contribution < 1.29 is 14.3 Å². The number of alkyl carbamates (subject to hydrolysis) is 1. The molecule has 0 saturated heterocycles. The second-order valence-electron chi connectivity index (χ2n) is 6.12. The lowest BCUT2D eigenvalue weighted by atomic mass is 10.2. The van der Waals surface area contributed by atoms with Crippen LogP contribution in [-0.4, -0.2) is 30.2 Å². The van der Waals surface area contributed by atoms with Gasteiger partial charge in [-0.05, 0) is 45.4 Å². The third-order valence-corrected chi connectivity index (χ3v) is 2.94. The summed E-state index contributed by atoms with van der Waals surface area (Å²) in [7, 11) is 0. The van der Waals surface area contributed by atoms with Gasteiger partial charge in [-0.2, -0.15) is 0 Å². The van der Waals surface area contributed by atoms with Crippen molar-refractivity contribution >= 4 is 23.4 Å². The van der Waals surface area contributed by atoms with Gasteiger partial charge in [-0.25, -0.2) is 4.79 Å². The first-order valence-corrected chi connectivity index (χ1v) is 6.89. The van der Waals surface area contributed by atoms with Crippen LogP contribution in [0.2, 0.25) is 0 Å². The van der Waals surface area contributed by atoms with Gasteiger partial charge in [0.05, 0.1) is 11.4 Å². The topological polar surface area (TPSA) is 79.5 Å². The van der Waals surface area contributed by atoms with Crippen molar-refractivity contribution in [1.29, 1.82) is 0 Å². The number of rotatable bonds is 1. The Morgan fingerprint density at radius 3 is 2.71 bits per heavy atom. The Morgan fingerprint density at radius 2 is 2.05 bits per heavy atom. The van der Waals surface area contributed by atoms with E-state index in [-0.39, 0.29) is 5.91 Å². The quantitative estimate of drug-likeness (QED) is 0.741. The Kier molecular flexibility index (Phi) is 4.06. The van der Waals surface area contributed by atoms with E-state index in [0.717, 1.165) is 11.3 Å². The number of ether oxygens (including phenoxy) is 1. The number of fused-ring (bicyclic) bond motifs is 1. The van der Waals surface area contributed by atoms with Gasteiger partial charge in [-0.1, -0.05) is 6.07 Å². The van der Waals surface area contributed by atoms with E-state index in [1.54, 1.807) is 20.8 Å². The van der Waals surface area contributed by atoms with Crippen LogP contribution in [0.15, 0.2) is 18.2 Å². The SMILES string of the molecule is Cc1ccc2c(c1)NC[C@H](NC(=O)OC(C)(C)C)C(=O)N2. The Balaban J connectivity index is 2.05. The van der Waals surface area contributed by atoms with Crippen molar-refractivity contribution in [3.8, 4) is 0 Å². The van der Waals surface area contributed by atoms with Gasteiger partial charge in [-0.15, -0.1) is 0 Å². The highest BCUT2D eigenvalue weighted by Gasteiger charge is 2.27. The lowest BCUT2D eigenvalue weighted by Crippen LogP contribution is -2.48. The highest BCUT2D eigenvalue weighted by molar-refractivity contribution is 6.00. The summed E-state index contributed by atoms with van der Waals surface area (Å²) in [5, 5.41) is 8.54. The Labute approximate surface area is 124 Å². The van der Waals surface area contributed by atoms with Gasteiger partial charge >= 0.3 is 6.09 Å². The number of anilines is 2. The van der Waals surface area contributed by atoms with Gasteiger partial charge in [0, 0.05) is 6.54 Å². The molecule has 3 N–H and O–H groups in total. The normalized spacial score (nSPS) is 17.9. The molecule has 2 amide bonds. The lowest BCUT2D eigenvalue weighted by molar-refractivity contribution is -0.117. The minimum Gasteiger partial charge on any atom is -0.444 e. The summed E-state index contributed by atoms with van der Waals surface area (Å²) in [6.45, 7) is 7.61. The number of nitrogens with one attached hydrogen (secondary N) is 3. The van der Waals surface area contributed by atoms with Crippen LogP contribution in [0, 0.1) is 6.92 Å². The van der Waals surface area contributed by atoms with Gasteiger partial charge in [0.2, 0.25) is 5.91 Å². The number of amides is 2. The molecule has 0 radical (unpaired) electrons. The standard InChI is InChI=1S/C15H21N3O3/c1-9-5-6-10-11(7-9)16-8-12(13(19)17-10)18-14(20)21-15(2,3)4/h5-7,12,16H,8H2,1-4H3,(H,17,19)(H,18,20)/t12-/m0/s1. The van der Waals surface area contributed by atoms with Crippen LogP contribution in [0.5, 0.6) is 0 Å². The Hall–Kier alpha value is -2.24. The summed E-state index contributed by atoms with van der Waals surface area (Å²) >= 11 is 0. The molecular weight excluding hydrogens is 270 g/mol. The fourth-order valence-corrected chi connectivity index (χ4v) is 2.00. The molecule has 6 nitrogen and oxygen atoms in total. The minimum atomic E-state index is -0.687. The molecule has 21 heavy (non-hydrogen) atoms. The van der Waals surface area contributed by atoms with Crippen molar-refractivity contribution in [2.45, 2.75) is 39.3 Å². The van der Waals surface area contributed by atoms with Crippen LogP contribution in [0.1, 0.15) is 26.3 Å². The van der Waals surface area contributed by atoms with Crippen LogP contribution < -0.4 is 16.0 Å². The predicted octanol–water partition coefficient (Wildman–Crippen LogP) is 2.25. The molecular formula is C15H21N3O3. The van der Waals surface area contributed by atoms with E-state index >= 15 is 0 Å². The molecule has 1 aliphatic rings. The highest BCUT2D eigenvalue weighted by Crippen LogP contribution is 2.25. The average Bonchev–Trinajstić information content (AvgIpc) is 2.48. The fourth-order valence-electron chi connectivity index (χ4n) is 2.00. The fraction of sp³-hybridized carbons (Fsp3) is 0.467. The second kappa shape index (κ2) is 5.63. The number of aryl methyl sites for hydroxylation is 1. The summed E-state index contributed by atoms with van der Waals surface area (Å²) < 4.78 is 5.17. The number of carbonyl (C=O) groups excluding carboxylic acids is 2. The molecule has 114 valence electrons. The molecule has 0 unspecified atom stereocenters. The maximum absolute atomic E-state index is 12.1. The second-order valence-corrected chi connectivity index (χ2v) is 6.12. The van der Waals surface area contributed by atoms with Gasteiger partial charge in [0.25, 0.3) is 0 Å². The summed E-state index contributed by atoms with van der Waals surface area (Å²) in [5.74, 6) is -0.268. The third kappa shape index (κ3) is 4.11. The minimum absolute atomic E-state index is 0.268. The van der Waals surface area contributed by atoms with Crippen LogP contribution in [0.3, 0.4) is 0 Å². The van der Waals surface area contributed by atoms with E-state index < -0.39 is 17.7 Å². The van der Waals surface area contributed by atoms with E-state index in [9.17, 15) is 9.59 Å². The van der Waals surface area contributed by atoms with Crippen molar-refractivity contribution in [1.82, 2.24) is 5.32 Å². The molecule has 6 heteroatoms. The molecule has 0 aliphatic carbocycles. The van der Waals surface area contributed by atoms with E-state index in [1.165, 1.54) is 0 Å². The Bertz CT molecular complexity index is 564. The average molecular weight is 291 g/mol. The van der Waals surface area contributed by atoms with Gasteiger partial charge < -0.3 is 20.7 Å². The molecule has 0 spiro atoms. The van der Waals surface area contributed by atoms with Gasteiger partial charge in [0.15, 0.2) is 0 Å². The molecule has 0 saturated carbocycles. The number of benzene rings is 1. The lowest BCUT2D eigenvalue weighted by Gasteiger charge is -2.22. The molecule has 0 bridgehead atoms. The van der Waals surface area contributed by atoms with Crippen LogP contribution >= 0.6 is 0 Å². The zero-order valence-corrected chi connectivity index (χ0v) is 12.7. The molecule has 1 heterocycles. The number of hydrogen-bond acceptors (Lipinski definition) is 4. The maximum Gasteiger partial charge on any atom is 0.408 e. The summed E-state index contributed by atoms with van der Waals surface area (Å²) in [5.41, 5.74) is 2.05. The molecule has 1 aliphatic heterocycles. The zero-order chi connectivity index (χ0) is 15.6. The van der Waals surface area contributed by atoms with Gasteiger partial charge in [0.1, 0.15) is 11.6 Å². The maximum atomic E-state index is 12.1. The van der Waals surface area contributed by atoms with Gasteiger partial charge in [-0.3, -0.25) is 4.79 Å². The molecule has 0 fully saturated rings. The van der Waals surface area contributed by atoms with E-state index in [4.69, 9.17) is 4.74 Å². The van der Waals surface area contributed by atoms with Crippen molar-refractivity contribution in [3.05, 3.63) is 23.8 Å². The number of hydrogen-bond donors (Lipinski definition) is 3. The van der Waals surface area contributed by atoms with Crippen molar-refractivity contribution in [2.24, 2.45) is 0 Å². The molecule has 0 aromatic heterocycles. The largest absolute Gasteiger partial charge is 0.444 e. The zero-order valence-electron chi connectivity index (χ0n) is 12.7. The summed E-state index contributed by atoms with van der Waals surface area (Å²) in [6.07, 6.45) is -0.605.